The highest BCUT2D eigenvalue weighted by Gasteiger charge is 2.17. The molecule has 1 N–H and O–H groups in total. The number of aromatic nitrogens is 3. The summed E-state index contributed by atoms with van der Waals surface area (Å²) >= 11 is 1.38. The molecule has 0 atom stereocenters. The van der Waals surface area contributed by atoms with Crippen molar-refractivity contribution in [1.29, 1.82) is 0 Å². The normalized spacial score (nSPS) is 10.8. The zero-order valence-corrected chi connectivity index (χ0v) is 18.4. The van der Waals surface area contributed by atoms with Crippen molar-refractivity contribution in [3.05, 3.63) is 90.0 Å². The number of aryl methyl sites for hydroxylation is 2. The molecule has 0 radical (unpaired) electrons. The lowest BCUT2D eigenvalue weighted by molar-refractivity contribution is -0.113. The molecule has 0 spiro atoms. The molecule has 0 bridgehead atoms. The van der Waals surface area contributed by atoms with Crippen molar-refractivity contribution in [2.75, 3.05) is 11.1 Å². The average Bonchev–Trinajstić information content (AvgIpc) is 3.24. The van der Waals surface area contributed by atoms with Gasteiger partial charge in [0.1, 0.15) is 0 Å². The maximum Gasteiger partial charge on any atom is 0.234 e. The van der Waals surface area contributed by atoms with Gasteiger partial charge in [0.15, 0.2) is 11.0 Å². The van der Waals surface area contributed by atoms with Gasteiger partial charge in [0.2, 0.25) is 5.91 Å². The molecule has 3 aromatic carbocycles. The Morgan fingerprint density at radius 3 is 2.32 bits per heavy atom. The first-order chi connectivity index (χ1) is 15.1. The molecule has 0 saturated carbocycles. The number of benzene rings is 3. The fraction of sp³-hybridized carbons (Fsp3) is 0.160. The first-order valence-corrected chi connectivity index (χ1v) is 11.2. The molecule has 0 aliphatic rings. The van der Waals surface area contributed by atoms with Crippen LogP contribution >= 0.6 is 11.8 Å². The maximum atomic E-state index is 12.5. The van der Waals surface area contributed by atoms with Crippen LogP contribution in [-0.4, -0.2) is 26.4 Å². The summed E-state index contributed by atoms with van der Waals surface area (Å²) < 4.78 is 2.01. The first kappa shape index (κ1) is 20.9. The van der Waals surface area contributed by atoms with Gasteiger partial charge in [-0.05, 0) is 43.2 Å². The van der Waals surface area contributed by atoms with E-state index >= 15 is 0 Å². The Labute approximate surface area is 186 Å². The van der Waals surface area contributed by atoms with Crippen LogP contribution in [0.2, 0.25) is 0 Å². The predicted molar refractivity (Wildman–Crippen MR) is 127 cm³/mol. The third kappa shape index (κ3) is 5.03. The third-order valence-corrected chi connectivity index (χ3v) is 5.86. The number of hydrogen-bond acceptors (Lipinski definition) is 4. The van der Waals surface area contributed by atoms with E-state index in [-0.39, 0.29) is 11.7 Å². The van der Waals surface area contributed by atoms with Crippen LogP contribution in [0.5, 0.6) is 0 Å². The molecule has 6 heteroatoms. The van der Waals surface area contributed by atoms with Gasteiger partial charge in [0, 0.05) is 16.9 Å². The summed E-state index contributed by atoms with van der Waals surface area (Å²) in [6.45, 7) is 4.16. The minimum Gasteiger partial charge on any atom is -0.325 e. The number of anilines is 1. The zero-order chi connectivity index (χ0) is 21.6. The van der Waals surface area contributed by atoms with E-state index < -0.39 is 0 Å². The van der Waals surface area contributed by atoms with E-state index in [4.69, 9.17) is 0 Å². The number of carbonyl (C=O) groups is 1. The maximum absolute atomic E-state index is 12.5. The van der Waals surface area contributed by atoms with Crippen molar-refractivity contribution in [2.24, 2.45) is 0 Å². The molecule has 156 valence electrons. The molecule has 4 rings (SSSR count). The summed E-state index contributed by atoms with van der Waals surface area (Å²) in [6.07, 6.45) is 0.981. The Morgan fingerprint density at radius 1 is 0.935 bits per heavy atom. The lowest BCUT2D eigenvalue weighted by Gasteiger charge is -2.11. The summed E-state index contributed by atoms with van der Waals surface area (Å²) in [6, 6.07) is 26.1. The molecule has 0 unspecified atom stereocenters. The van der Waals surface area contributed by atoms with Gasteiger partial charge < -0.3 is 5.32 Å². The summed E-state index contributed by atoms with van der Waals surface area (Å²) in [5.74, 6) is 0.922. The highest BCUT2D eigenvalue weighted by Crippen LogP contribution is 2.28. The van der Waals surface area contributed by atoms with E-state index in [9.17, 15) is 4.79 Å². The lowest BCUT2D eigenvalue weighted by Crippen LogP contribution is -2.14. The SMILES string of the molecule is CCc1ccc(-n2c(SCC(=O)Nc3ccc(C)cc3)nnc2-c2ccccc2)cc1. The molecule has 1 amide bonds. The minimum absolute atomic E-state index is 0.0778. The van der Waals surface area contributed by atoms with Crippen LogP contribution in [0.4, 0.5) is 5.69 Å². The van der Waals surface area contributed by atoms with Crippen molar-refractivity contribution >= 4 is 23.4 Å². The summed E-state index contributed by atoms with van der Waals surface area (Å²) in [5, 5.41) is 12.5. The largest absolute Gasteiger partial charge is 0.325 e. The molecule has 5 nitrogen and oxygen atoms in total. The highest BCUT2D eigenvalue weighted by molar-refractivity contribution is 7.99. The lowest BCUT2D eigenvalue weighted by atomic mass is 10.1. The highest BCUT2D eigenvalue weighted by atomic mass is 32.2. The number of amides is 1. The Bertz CT molecular complexity index is 1150. The van der Waals surface area contributed by atoms with Crippen LogP contribution in [0.1, 0.15) is 18.1 Å². The van der Waals surface area contributed by atoms with Crippen LogP contribution < -0.4 is 5.32 Å². The quantitative estimate of drug-likeness (QED) is 0.393. The smallest absolute Gasteiger partial charge is 0.234 e. The zero-order valence-electron chi connectivity index (χ0n) is 17.6. The standard InChI is InChI=1S/C25H24N4OS/c1-3-19-11-15-22(16-12-19)29-24(20-7-5-4-6-8-20)27-28-25(29)31-17-23(30)26-21-13-9-18(2)10-14-21/h4-16H,3,17H2,1-2H3,(H,26,30). The van der Waals surface area contributed by atoms with Gasteiger partial charge in [-0.15, -0.1) is 10.2 Å². The molecule has 1 aromatic heterocycles. The number of nitrogens with one attached hydrogen (secondary N) is 1. The van der Waals surface area contributed by atoms with Gasteiger partial charge >= 0.3 is 0 Å². The van der Waals surface area contributed by atoms with E-state index in [1.54, 1.807) is 0 Å². The Balaban J connectivity index is 1.58. The van der Waals surface area contributed by atoms with Crippen molar-refractivity contribution in [2.45, 2.75) is 25.4 Å². The van der Waals surface area contributed by atoms with E-state index in [0.717, 1.165) is 34.7 Å². The number of nitrogens with zero attached hydrogens (tertiary/aromatic N) is 3. The summed E-state index contributed by atoms with van der Waals surface area (Å²) in [5.41, 5.74) is 5.17. The van der Waals surface area contributed by atoms with Crippen LogP contribution in [0.3, 0.4) is 0 Å². The van der Waals surface area contributed by atoms with E-state index in [1.807, 2.05) is 66.1 Å². The fourth-order valence-corrected chi connectivity index (χ4v) is 3.97. The minimum atomic E-state index is -0.0778. The van der Waals surface area contributed by atoms with Crippen LogP contribution in [0.25, 0.3) is 17.1 Å². The average molecular weight is 429 g/mol. The Kier molecular flexibility index (Phi) is 6.48. The van der Waals surface area contributed by atoms with Gasteiger partial charge in [-0.3, -0.25) is 9.36 Å². The Hall–Kier alpha value is -3.38. The fourth-order valence-electron chi connectivity index (χ4n) is 3.22. The van der Waals surface area contributed by atoms with Gasteiger partial charge in [-0.2, -0.15) is 0 Å². The molecule has 0 saturated heterocycles. The van der Waals surface area contributed by atoms with Crippen molar-refractivity contribution in [3.8, 4) is 17.1 Å². The van der Waals surface area contributed by atoms with E-state index in [0.29, 0.717) is 5.16 Å². The van der Waals surface area contributed by atoms with Crippen molar-refractivity contribution in [3.63, 3.8) is 0 Å². The molecule has 0 aliphatic heterocycles. The molecule has 1 heterocycles. The Morgan fingerprint density at radius 2 is 1.65 bits per heavy atom. The number of hydrogen-bond donors (Lipinski definition) is 1. The first-order valence-electron chi connectivity index (χ1n) is 10.2. The van der Waals surface area contributed by atoms with Crippen LogP contribution in [0, 0.1) is 6.92 Å². The second-order valence-electron chi connectivity index (χ2n) is 7.23. The number of carbonyl (C=O) groups excluding carboxylic acids is 1. The van der Waals surface area contributed by atoms with Gasteiger partial charge in [0.25, 0.3) is 0 Å². The van der Waals surface area contributed by atoms with E-state index in [1.165, 1.54) is 17.3 Å². The number of rotatable bonds is 7. The van der Waals surface area contributed by atoms with Gasteiger partial charge in [0.05, 0.1) is 5.75 Å². The van der Waals surface area contributed by atoms with Gasteiger partial charge in [-0.1, -0.05) is 78.8 Å². The van der Waals surface area contributed by atoms with Crippen LogP contribution in [0.15, 0.2) is 84.0 Å². The number of thioether (sulfide) groups is 1. The van der Waals surface area contributed by atoms with E-state index in [2.05, 4.69) is 46.7 Å². The van der Waals surface area contributed by atoms with Gasteiger partial charge in [-0.25, -0.2) is 0 Å². The summed E-state index contributed by atoms with van der Waals surface area (Å²) in [7, 11) is 0. The van der Waals surface area contributed by atoms with Crippen LogP contribution in [-0.2, 0) is 11.2 Å². The van der Waals surface area contributed by atoms with Crippen molar-refractivity contribution < 1.29 is 4.79 Å². The molecular weight excluding hydrogens is 404 g/mol. The second-order valence-corrected chi connectivity index (χ2v) is 8.17. The predicted octanol–water partition coefficient (Wildman–Crippen LogP) is 5.54. The molecule has 0 aliphatic carbocycles. The van der Waals surface area contributed by atoms with Crippen molar-refractivity contribution in [1.82, 2.24) is 14.8 Å². The second kappa shape index (κ2) is 9.62. The molecule has 0 fully saturated rings. The third-order valence-electron chi connectivity index (χ3n) is 4.94. The monoisotopic (exact) mass is 428 g/mol. The molecule has 31 heavy (non-hydrogen) atoms. The molecule has 4 aromatic rings. The summed E-state index contributed by atoms with van der Waals surface area (Å²) in [4.78, 5) is 12.5. The topological polar surface area (TPSA) is 59.8 Å². The molecular formula is C25H24N4OS.